The van der Waals surface area contributed by atoms with Gasteiger partial charge in [0.2, 0.25) is 34.8 Å². The van der Waals surface area contributed by atoms with E-state index in [0.29, 0.717) is 0 Å². The van der Waals surface area contributed by atoms with Crippen molar-refractivity contribution in [2.24, 2.45) is 11.3 Å². The lowest BCUT2D eigenvalue weighted by atomic mass is 9.89. The van der Waals surface area contributed by atoms with Crippen molar-refractivity contribution in [3.63, 3.8) is 0 Å². The van der Waals surface area contributed by atoms with Gasteiger partial charge in [0, 0.05) is 18.9 Å². The van der Waals surface area contributed by atoms with Crippen LogP contribution in [0.25, 0.3) is 0 Å². The Hall–Kier alpha value is -2.03. The molecule has 0 aliphatic rings. The Morgan fingerprint density at radius 2 is 1.31 bits per heavy atom. The summed E-state index contributed by atoms with van der Waals surface area (Å²) in [4.78, 5) is 24.1. The summed E-state index contributed by atoms with van der Waals surface area (Å²) in [6.45, 7) is 9.67. The summed E-state index contributed by atoms with van der Waals surface area (Å²) in [7, 11) is 0. The van der Waals surface area contributed by atoms with Crippen LogP contribution in [-0.4, -0.2) is 24.0 Å². The van der Waals surface area contributed by atoms with Crippen molar-refractivity contribution in [1.29, 1.82) is 0 Å². The second kappa shape index (κ2) is 9.19. The lowest BCUT2D eigenvalue weighted by Gasteiger charge is -2.28. The third kappa shape index (κ3) is 6.22. The minimum absolute atomic E-state index is 0.0000154. The summed E-state index contributed by atoms with van der Waals surface area (Å²) in [5.41, 5.74) is -2.17. The number of halogens is 5. The average Bonchev–Trinajstić information content (AvgIpc) is 2.60. The van der Waals surface area contributed by atoms with Gasteiger partial charge in [0.25, 0.3) is 0 Å². The molecule has 1 aromatic carbocycles. The summed E-state index contributed by atoms with van der Waals surface area (Å²) in [5.74, 6) is -14.2. The van der Waals surface area contributed by atoms with E-state index < -0.39 is 51.8 Å². The predicted molar refractivity (Wildman–Crippen MR) is 94.8 cm³/mol. The van der Waals surface area contributed by atoms with Crippen LogP contribution in [0, 0.1) is 40.4 Å². The fourth-order valence-corrected chi connectivity index (χ4v) is 2.26. The fourth-order valence-electron chi connectivity index (χ4n) is 2.26. The zero-order chi connectivity index (χ0) is 22.7. The lowest BCUT2D eigenvalue weighted by Crippen LogP contribution is -2.34. The van der Waals surface area contributed by atoms with Crippen molar-refractivity contribution in [3.05, 3.63) is 29.1 Å². The molecule has 0 saturated heterocycles. The summed E-state index contributed by atoms with van der Waals surface area (Å²) in [6.07, 6.45) is 0.167. The minimum atomic E-state index is -2.34. The van der Waals surface area contributed by atoms with Crippen LogP contribution in [0.4, 0.5) is 22.0 Å². The number of hydrogen-bond acceptors (Lipinski definition) is 4. The standard InChI is InChI=1S/C20H25F5O4/c1-10(2)11(26)9-20(5,6)28-8-7-19(3,4)18(27)29-17-15(24)13(22)12(21)14(23)16(17)25/h10H,7-9H2,1-6H3. The van der Waals surface area contributed by atoms with Crippen molar-refractivity contribution in [2.45, 2.75) is 60.0 Å². The van der Waals surface area contributed by atoms with Gasteiger partial charge in [-0.25, -0.2) is 13.2 Å². The molecule has 0 unspecified atom stereocenters. The quantitative estimate of drug-likeness (QED) is 0.182. The average molecular weight is 424 g/mol. The number of Topliss-reactive ketones (excluding diaryl/α,β-unsaturated/α-hetero) is 1. The summed E-state index contributed by atoms with van der Waals surface area (Å²) in [6, 6.07) is 0. The molecule has 0 radical (unpaired) electrons. The Morgan fingerprint density at radius 1 is 0.862 bits per heavy atom. The van der Waals surface area contributed by atoms with Crippen LogP contribution >= 0.6 is 0 Å². The first-order valence-corrected chi connectivity index (χ1v) is 9.01. The molecule has 9 heteroatoms. The second-order valence-corrected chi connectivity index (χ2v) is 8.33. The maximum atomic E-state index is 13.7. The van der Waals surface area contributed by atoms with E-state index >= 15 is 0 Å². The molecule has 0 spiro atoms. The topological polar surface area (TPSA) is 52.6 Å². The van der Waals surface area contributed by atoms with Gasteiger partial charge in [-0.2, -0.15) is 8.78 Å². The van der Waals surface area contributed by atoms with Gasteiger partial charge in [-0.05, 0) is 34.1 Å². The van der Waals surface area contributed by atoms with Crippen molar-refractivity contribution in [2.75, 3.05) is 6.61 Å². The molecule has 0 saturated carbocycles. The van der Waals surface area contributed by atoms with E-state index in [1.165, 1.54) is 13.8 Å². The number of ether oxygens (including phenoxy) is 2. The zero-order valence-corrected chi connectivity index (χ0v) is 17.2. The number of esters is 1. The van der Waals surface area contributed by atoms with Crippen LogP contribution in [0.2, 0.25) is 0 Å². The molecule has 29 heavy (non-hydrogen) atoms. The second-order valence-electron chi connectivity index (χ2n) is 8.33. The monoisotopic (exact) mass is 424 g/mol. The molecule has 4 nitrogen and oxygen atoms in total. The first-order chi connectivity index (χ1) is 13.1. The van der Waals surface area contributed by atoms with Crippen LogP contribution < -0.4 is 4.74 Å². The highest BCUT2D eigenvalue weighted by Gasteiger charge is 2.35. The van der Waals surface area contributed by atoms with Crippen molar-refractivity contribution < 1.29 is 41.0 Å². The van der Waals surface area contributed by atoms with Gasteiger partial charge in [0.1, 0.15) is 5.78 Å². The normalized spacial score (nSPS) is 12.4. The van der Waals surface area contributed by atoms with Crippen LogP contribution in [-0.2, 0) is 14.3 Å². The van der Waals surface area contributed by atoms with Crippen LogP contribution in [0.15, 0.2) is 0 Å². The van der Waals surface area contributed by atoms with E-state index in [1.807, 2.05) is 0 Å². The Morgan fingerprint density at radius 3 is 1.76 bits per heavy atom. The highest BCUT2D eigenvalue weighted by atomic mass is 19.2. The van der Waals surface area contributed by atoms with Crippen LogP contribution in [0.3, 0.4) is 0 Å². The molecule has 0 N–H and O–H groups in total. The van der Waals surface area contributed by atoms with Crippen LogP contribution in [0.1, 0.15) is 54.4 Å². The molecule has 164 valence electrons. The number of rotatable bonds is 9. The molecular weight excluding hydrogens is 399 g/mol. The number of carbonyl (C=O) groups is 2. The molecule has 0 atom stereocenters. The van der Waals surface area contributed by atoms with Gasteiger partial charge in [-0.15, -0.1) is 0 Å². The van der Waals surface area contributed by atoms with E-state index in [1.54, 1.807) is 27.7 Å². The van der Waals surface area contributed by atoms with E-state index in [9.17, 15) is 31.5 Å². The molecule has 1 rings (SSSR count). The number of hydrogen-bond donors (Lipinski definition) is 0. The molecular formula is C20H25F5O4. The largest absolute Gasteiger partial charge is 0.420 e. The smallest absolute Gasteiger partial charge is 0.317 e. The Kier molecular flexibility index (Phi) is 7.93. The molecule has 0 fully saturated rings. The first kappa shape index (κ1) is 25.0. The molecule has 0 aromatic heterocycles. The van der Waals surface area contributed by atoms with Crippen molar-refractivity contribution in [3.8, 4) is 5.75 Å². The maximum Gasteiger partial charge on any atom is 0.317 e. The van der Waals surface area contributed by atoms with E-state index in [2.05, 4.69) is 4.74 Å². The minimum Gasteiger partial charge on any atom is -0.420 e. The van der Waals surface area contributed by atoms with Crippen molar-refractivity contribution >= 4 is 11.8 Å². The Bertz CT molecular complexity index is 759. The number of benzene rings is 1. The van der Waals surface area contributed by atoms with Gasteiger partial charge in [0.05, 0.1) is 11.0 Å². The summed E-state index contributed by atoms with van der Waals surface area (Å²) in [5, 5.41) is 0. The molecule has 0 aliphatic carbocycles. The molecule has 0 aliphatic heterocycles. The Balaban J connectivity index is 2.82. The van der Waals surface area contributed by atoms with Gasteiger partial charge in [0.15, 0.2) is 0 Å². The third-order valence-corrected chi connectivity index (χ3v) is 4.38. The van der Waals surface area contributed by atoms with Gasteiger partial charge in [-0.1, -0.05) is 13.8 Å². The summed E-state index contributed by atoms with van der Waals surface area (Å²) >= 11 is 0. The van der Waals surface area contributed by atoms with E-state index in [-0.39, 0.29) is 31.1 Å². The molecule has 0 amide bonds. The zero-order valence-electron chi connectivity index (χ0n) is 17.2. The molecule has 0 heterocycles. The predicted octanol–water partition coefficient (Wildman–Crippen LogP) is 5.11. The van der Waals surface area contributed by atoms with E-state index in [0.717, 1.165) is 0 Å². The highest BCUT2D eigenvalue weighted by molar-refractivity contribution is 5.81. The third-order valence-electron chi connectivity index (χ3n) is 4.38. The number of carbonyl (C=O) groups excluding carboxylic acids is 2. The SMILES string of the molecule is CC(C)C(=O)CC(C)(C)OCCC(C)(C)C(=O)Oc1c(F)c(F)c(F)c(F)c1F. The Labute approximate surface area is 166 Å². The van der Waals surface area contributed by atoms with Gasteiger partial charge >= 0.3 is 5.97 Å². The number of ketones is 1. The summed E-state index contributed by atoms with van der Waals surface area (Å²) < 4.78 is 77.1. The molecule has 1 aromatic rings. The maximum absolute atomic E-state index is 13.7. The van der Waals surface area contributed by atoms with Gasteiger partial charge in [-0.3, -0.25) is 9.59 Å². The van der Waals surface area contributed by atoms with Gasteiger partial charge < -0.3 is 9.47 Å². The van der Waals surface area contributed by atoms with E-state index in [4.69, 9.17) is 4.74 Å². The van der Waals surface area contributed by atoms with Crippen molar-refractivity contribution in [1.82, 2.24) is 0 Å². The highest BCUT2D eigenvalue weighted by Crippen LogP contribution is 2.32. The first-order valence-electron chi connectivity index (χ1n) is 9.01. The fraction of sp³-hybridized carbons (Fsp3) is 0.600. The molecule has 0 bridgehead atoms. The van der Waals surface area contributed by atoms with Crippen LogP contribution in [0.5, 0.6) is 5.75 Å². The lowest BCUT2D eigenvalue weighted by molar-refractivity contribution is -0.147.